The molecule has 1 unspecified atom stereocenters. The zero-order valence-electron chi connectivity index (χ0n) is 17.3. The molecule has 2 amide bonds. The molecule has 31 heavy (non-hydrogen) atoms. The van der Waals surface area contributed by atoms with Gasteiger partial charge in [0.25, 0.3) is 5.91 Å². The number of ketones is 1. The van der Waals surface area contributed by atoms with Crippen molar-refractivity contribution in [1.29, 1.82) is 0 Å². The van der Waals surface area contributed by atoms with Crippen molar-refractivity contribution >= 4 is 34.9 Å². The van der Waals surface area contributed by atoms with Crippen molar-refractivity contribution < 1.29 is 14.4 Å². The Bertz CT molecular complexity index is 1100. The Morgan fingerprint density at radius 2 is 1.45 bits per heavy atom. The van der Waals surface area contributed by atoms with Gasteiger partial charge in [0.15, 0.2) is 5.78 Å². The van der Waals surface area contributed by atoms with E-state index < -0.39 is 11.9 Å². The van der Waals surface area contributed by atoms with E-state index in [0.29, 0.717) is 27.4 Å². The second-order valence-corrected chi connectivity index (χ2v) is 7.85. The lowest BCUT2D eigenvalue weighted by molar-refractivity contribution is -0.118. The topological polar surface area (TPSA) is 75.3 Å². The summed E-state index contributed by atoms with van der Waals surface area (Å²) in [7, 11) is 0. The summed E-state index contributed by atoms with van der Waals surface area (Å²) in [5.74, 6) is -1.10. The number of halogens is 1. The van der Waals surface area contributed by atoms with Crippen molar-refractivity contribution in [3.05, 3.63) is 101 Å². The highest BCUT2D eigenvalue weighted by atomic mass is 35.5. The van der Waals surface area contributed by atoms with E-state index in [9.17, 15) is 14.4 Å². The van der Waals surface area contributed by atoms with E-state index in [1.54, 1.807) is 72.8 Å². The van der Waals surface area contributed by atoms with E-state index in [2.05, 4.69) is 10.6 Å². The van der Waals surface area contributed by atoms with Gasteiger partial charge >= 0.3 is 0 Å². The molecular formula is C25H23ClN2O3. The number of rotatable bonds is 7. The lowest BCUT2D eigenvalue weighted by Gasteiger charge is -2.22. The Labute approximate surface area is 186 Å². The van der Waals surface area contributed by atoms with Crippen LogP contribution in [0.1, 0.15) is 40.1 Å². The Kier molecular flexibility index (Phi) is 7.21. The van der Waals surface area contributed by atoms with Crippen LogP contribution in [0.25, 0.3) is 0 Å². The molecule has 1 atom stereocenters. The SMILES string of the molecule is CC(C)C(NC(=O)c1ccccc1Cl)C(=O)Nc1cccc(C(=O)c2ccccc2)c1. The lowest BCUT2D eigenvalue weighted by Crippen LogP contribution is -2.47. The number of benzene rings is 3. The van der Waals surface area contributed by atoms with Gasteiger partial charge in [-0.3, -0.25) is 14.4 Å². The number of hydrogen-bond donors (Lipinski definition) is 2. The molecule has 3 rings (SSSR count). The molecule has 0 bridgehead atoms. The summed E-state index contributed by atoms with van der Waals surface area (Å²) in [5.41, 5.74) is 1.81. The fraction of sp³-hybridized carbons (Fsp3) is 0.160. The van der Waals surface area contributed by atoms with Crippen LogP contribution in [0.2, 0.25) is 5.02 Å². The molecule has 0 aliphatic rings. The second-order valence-electron chi connectivity index (χ2n) is 7.44. The third-order valence-electron chi connectivity index (χ3n) is 4.78. The molecule has 158 valence electrons. The van der Waals surface area contributed by atoms with Crippen LogP contribution in [0.4, 0.5) is 5.69 Å². The van der Waals surface area contributed by atoms with Gasteiger partial charge in [0.2, 0.25) is 5.91 Å². The van der Waals surface area contributed by atoms with E-state index in [1.807, 2.05) is 19.9 Å². The Hall–Kier alpha value is -3.44. The van der Waals surface area contributed by atoms with Gasteiger partial charge in [0.1, 0.15) is 6.04 Å². The van der Waals surface area contributed by atoms with Gasteiger partial charge in [-0.05, 0) is 30.2 Å². The molecule has 0 saturated heterocycles. The van der Waals surface area contributed by atoms with Gasteiger partial charge in [-0.2, -0.15) is 0 Å². The number of nitrogens with one attached hydrogen (secondary N) is 2. The maximum atomic E-state index is 12.9. The molecule has 0 radical (unpaired) electrons. The van der Waals surface area contributed by atoms with Crippen LogP contribution in [-0.2, 0) is 4.79 Å². The van der Waals surface area contributed by atoms with Crippen LogP contribution in [-0.4, -0.2) is 23.6 Å². The lowest BCUT2D eigenvalue weighted by atomic mass is 10.0. The molecule has 0 fully saturated rings. The first-order valence-corrected chi connectivity index (χ1v) is 10.3. The van der Waals surface area contributed by atoms with Gasteiger partial charge in [-0.25, -0.2) is 0 Å². The van der Waals surface area contributed by atoms with E-state index in [1.165, 1.54) is 0 Å². The first-order valence-electron chi connectivity index (χ1n) is 9.93. The minimum absolute atomic E-state index is 0.135. The molecule has 5 nitrogen and oxygen atoms in total. The van der Waals surface area contributed by atoms with Crippen LogP contribution in [0.3, 0.4) is 0 Å². The molecule has 0 spiro atoms. The molecule has 0 aliphatic heterocycles. The molecule has 0 aliphatic carbocycles. The van der Waals surface area contributed by atoms with Crippen molar-refractivity contribution in [2.45, 2.75) is 19.9 Å². The third-order valence-corrected chi connectivity index (χ3v) is 5.11. The summed E-state index contributed by atoms with van der Waals surface area (Å²) in [4.78, 5) is 38.2. The molecule has 0 aromatic heterocycles. The second kappa shape index (κ2) is 10.0. The summed E-state index contributed by atoms with van der Waals surface area (Å²) in [6, 6.07) is 21.5. The highest BCUT2D eigenvalue weighted by Crippen LogP contribution is 2.18. The van der Waals surface area contributed by atoms with Crippen molar-refractivity contribution in [1.82, 2.24) is 5.32 Å². The fourth-order valence-corrected chi connectivity index (χ4v) is 3.34. The summed E-state index contributed by atoms with van der Waals surface area (Å²) < 4.78 is 0. The van der Waals surface area contributed by atoms with E-state index in [-0.39, 0.29) is 17.6 Å². The fourth-order valence-electron chi connectivity index (χ4n) is 3.11. The molecular weight excluding hydrogens is 412 g/mol. The molecule has 0 heterocycles. The van der Waals surface area contributed by atoms with Crippen LogP contribution in [0.5, 0.6) is 0 Å². The maximum absolute atomic E-state index is 12.9. The molecule has 0 saturated carbocycles. The highest BCUT2D eigenvalue weighted by Gasteiger charge is 2.25. The van der Waals surface area contributed by atoms with Gasteiger partial charge in [0.05, 0.1) is 10.6 Å². The zero-order chi connectivity index (χ0) is 22.4. The van der Waals surface area contributed by atoms with Crippen molar-refractivity contribution in [3.63, 3.8) is 0 Å². The number of hydrogen-bond acceptors (Lipinski definition) is 3. The minimum Gasteiger partial charge on any atom is -0.340 e. The van der Waals surface area contributed by atoms with Crippen molar-refractivity contribution in [2.24, 2.45) is 5.92 Å². The number of carbonyl (C=O) groups is 3. The smallest absolute Gasteiger partial charge is 0.253 e. The molecule has 2 N–H and O–H groups in total. The molecule has 6 heteroatoms. The third kappa shape index (κ3) is 5.58. The van der Waals surface area contributed by atoms with Gasteiger partial charge < -0.3 is 10.6 Å². The normalized spacial score (nSPS) is 11.6. The summed E-state index contributed by atoms with van der Waals surface area (Å²) in [6.07, 6.45) is 0. The Morgan fingerprint density at radius 3 is 2.13 bits per heavy atom. The Morgan fingerprint density at radius 1 is 0.806 bits per heavy atom. The summed E-state index contributed by atoms with van der Waals surface area (Å²) >= 11 is 6.10. The number of amides is 2. The van der Waals surface area contributed by atoms with Crippen molar-refractivity contribution in [3.8, 4) is 0 Å². The Balaban J connectivity index is 1.75. The van der Waals surface area contributed by atoms with Gasteiger partial charge in [-0.15, -0.1) is 0 Å². The predicted octanol–water partition coefficient (Wildman–Crippen LogP) is 4.96. The first kappa shape index (κ1) is 22.2. The van der Waals surface area contributed by atoms with Gasteiger partial charge in [-0.1, -0.05) is 80.0 Å². The average molecular weight is 435 g/mol. The minimum atomic E-state index is -0.780. The quantitative estimate of drug-likeness (QED) is 0.516. The summed E-state index contributed by atoms with van der Waals surface area (Å²) in [6.45, 7) is 3.68. The van der Waals surface area contributed by atoms with Crippen molar-refractivity contribution in [2.75, 3.05) is 5.32 Å². The van der Waals surface area contributed by atoms with Crippen LogP contribution < -0.4 is 10.6 Å². The molecule has 3 aromatic rings. The average Bonchev–Trinajstić information content (AvgIpc) is 2.77. The maximum Gasteiger partial charge on any atom is 0.253 e. The van der Waals surface area contributed by atoms with Crippen LogP contribution >= 0.6 is 11.6 Å². The van der Waals surface area contributed by atoms with E-state index in [4.69, 9.17) is 11.6 Å². The first-order chi connectivity index (χ1) is 14.9. The molecule has 3 aromatic carbocycles. The highest BCUT2D eigenvalue weighted by molar-refractivity contribution is 6.33. The number of anilines is 1. The number of carbonyl (C=O) groups excluding carboxylic acids is 3. The summed E-state index contributed by atoms with van der Waals surface area (Å²) in [5, 5.41) is 5.87. The zero-order valence-corrected chi connectivity index (χ0v) is 18.0. The standard InChI is InChI=1S/C25H23ClN2O3/c1-16(2)22(28-24(30)20-13-6-7-14-21(20)26)25(31)27-19-12-8-11-18(15-19)23(29)17-9-4-3-5-10-17/h3-16,22H,1-2H3,(H,27,31)(H,28,30). The predicted molar refractivity (Wildman–Crippen MR) is 122 cm³/mol. The van der Waals surface area contributed by atoms with Crippen LogP contribution in [0, 0.1) is 5.92 Å². The van der Waals surface area contributed by atoms with Gasteiger partial charge in [0, 0.05) is 16.8 Å². The van der Waals surface area contributed by atoms with E-state index >= 15 is 0 Å². The van der Waals surface area contributed by atoms with E-state index in [0.717, 1.165) is 0 Å². The monoisotopic (exact) mass is 434 g/mol. The van der Waals surface area contributed by atoms with Crippen LogP contribution in [0.15, 0.2) is 78.9 Å². The largest absolute Gasteiger partial charge is 0.340 e.